The molecule has 5 fully saturated rings. The molecule has 30 heavy (non-hydrogen) atoms. The summed E-state index contributed by atoms with van der Waals surface area (Å²) in [5, 5.41) is 6.11. The minimum atomic E-state index is -3.29. The Bertz CT molecular complexity index is 749. The van der Waals surface area contributed by atoms with Gasteiger partial charge in [0.2, 0.25) is 10.0 Å². The number of thioether (sulfide) groups is 1. The summed E-state index contributed by atoms with van der Waals surface area (Å²) in [6.07, 6.45) is 5.62. The van der Waals surface area contributed by atoms with Crippen LogP contribution in [-0.2, 0) is 10.0 Å². The third-order valence-corrected chi connectivity index (χ3v) is 10.7. The van der Waals surface area contributed by atoms with Crippen LogP contribution in [0.2, 0.25) is 0 Å². The lowest BCUT2D eigenvalue weighted by atomic mass is 9.90. The molecule has 0 aromatic carbocycles. The zero-order valence-corrected chi connectivity index (χ0v) is 19.9. The summed E-state index contributed by atoms with van der Waals surface area (Å²) < 4.78 is 29.2. The molecule has 0 bridgehead atoms. The van der Waals surface area contributed by atoms with Crippen LogP contribution in [0.1, 0.15) is 52.4 Å². The number of hydrogen-bond donors (Lipinski definition) is 5. The van der Waals surface area contributed by atoms with Crippen LogP contribution in [0.15, 0.2) is 0 Å². The number of rotatable bonds is 6. The third kappa shape index (κ3) is 4.42. The van der Waals surface area contributed by atoms with Crippen molar-refractivity contribution in [2.75, 3.05) is 20.1 Å². The molecule has 5 rings (SSSR count). The monoisotopic (exact) mass is 459 g/mol. The van der Waals surface area contributed by atoms with Gasteiger partial charge in [0.05, 0.1) is 16.8 Å². The maximum atomic E-state index is 13.1. The minimum absolute atomic E-state index is 0.162. The summed E-state index contributed by atoms with van der Waals surface area (Å²) in [6, 6.07) is 0.602. The number of hydrogen-bond acceptors (Lipinski definition) is 9. The smallest absolute Gasteiger partial charge is 0.215 e. The van der Waals surface area contributed by atoms with Crippen molar-refractivity contribution >= 4 is 21.8 Å². The second-order valence-corrected chi connectivity index (χ2v) is 13.6. The van der Waals surface area contributed by atoms with Gasteiger partial charge in [-0.1, -0.05) is 0 Å². The molecule has 11 heteroatoms. The molecule has 0 aromatic heterocycles. The fourth-order valence-electron chi connectivity index (χ4n) is 5.59. The highest BCUT2D eigenvalue weighted by Crippen LogP contribution is 2.41. The van der Waals surface area contributed by atoms with E-state index in [0.717, 1.165) is 45.2 Å². The molecule has 3 heterocycles. The van der Waals surface area contributed by atoms with Crippen molar-refractivity contribution in [2.45, 2.75) is 92.3 Å². The van der Waals surface area contributed by atoms with E-state index >= 15 is 0 Å². The maximum absolute atomic E-state index is 13.1. The summed E-state index contributed by atoms with van der Waals surface area (Å²) >= 11 is 1.88. The lowest BCUT2D eigenvalue weighted by Crippen LogP contribution is -2.54. The van der Waals surface area contributed by atoms with Crippen molar-refractivity contribution in [1.29, 1.82) is 0 Å². The van der Waals surface area contributed by atoms with E-state index in [4.69, 9.17) is 0 Å². The van der Waals surface area contributed by atoms with E-state index in [2.05, 4.69) is 50.2 Å². The number of nitrogens with zero attached hydrogens (tertiary/aromatic N) is 2. The quantitative estimate of drug-likeness (QED) is 0.373. The largest absolute Gasteiger partial charge is 0.297 e. The summed E-state index contributed by atoms with van der Waals surface area (Å²) in [5.41, 5.74) is 10.2. The van der Waals surface area contributed by atoms with Crippen LogP contribution in [0, 0.1) is 5.92 Å². The van der Waals surface area contributed by atoms with Crippen LogP contribution in [-0.4, -0.2) is 78.4 Å². The molecule has 3 saturated heterocycles. The number of fused-ring (bicyclic) bond motifs is 1. The van der Waals surface area contributed by atoms with Gasteiger partial charge in [0, 0.05) is 37.8 Å². The maximum Gasteiger partial charge on any atom is 0.215 e. The van der Waals surface area contributed by atoms with Crippen LogP contribution in [0.4, 0.5) is 0 Å². The molecule has 0 amide bonds. The van der Waals surface area contributed by atoms with Gasteiger partial charge < -0.3 is 0 Å². The molecule has 7 unspecified atom stereocenters. The van der Waals surface area contributed by atoms with Crippen molar-refractivity contribution in [2.24, 2.45) is 5.92 Å². The summed E-state index contributed by atoms with van der Waals surface area (Å²) in [6.45, 7) is 6.25. The van der Waals surface area contributed by atoms with Crippen molar-refractivity contribution in [3.8, 4) is 0 Å². The molecular weight excluding hydrogens is 422 g/mol. The van der Waals surface area contributed by atoms with Gasteiger partial charge in [-0.05, 0) is 58.3 Å². The Labute approximate surface area is 184 Å². The Hall–Kier alpha value is 0.0200. The molecule has 7 atom stereocenters. The SMILES string of the molecule is CC1NNC(N2C(CC3CNN(C)C3)NC3CCC(S(=O)(=O)NC4(C)CC4)CC32)S1. The highest BCUT2D eigenvalue weighted by Gasteiger charge is 2.52. The summed E-state index contributed by atoms with van der Waals surface area (Å²) in [4.78, 5) is 2.55. The van der Waals surface area contributed by atoms with Gasteiger partial charge in [0.1, 0.15) is 5.50 Å². The van der Waals surface area contributed by atoms with E-state index in [1.165, 1.54) is 0 Å². The summed E-state index contributed by atoms with van der Waals surface area (Å²) in [5.74, 6) is 0.600. The van der Waals surface area contributed by atoms with Gasteiger partial charge in [-0.3, -0.25) is 15.6 Å². The van der Waals surface area contributed by atoms with Crippen LogP contribution >= 0.6 is 11.8 Å². The molecule has 9 nitrogen and oxygen atoms in total. The Balaban J connectivity index is 1.32. The van der Waals surface area contributed by atoms with Crippen molar-refractivity contribution in [3.05, 3.63) is 0 Å². The fourth-order valence-corrected chi connectivity index (χ4v) is 8.65. The first-order valence-corrected chi connectivity index (χ1v) is 13.9. The molecule has 0 spiro atoms. The molecule has 5 N–H and O–H groups in total. The Morgan fingerprint density at radius 3 is 2.67 bits per heavy atom. The number of sulfonamides is 1. The van der Waals surface area contributed by atoms with Gasteiger partial charge in [-0.15, -0.1) is 11.8 Å². The van der Waals surface area contributed by atoms with Crippen LogP contribution in [0.3, 0.4) is 0 Å². The van der Waals surface area contributed by atoms with E-state index in [1.807, 2.05) is 18.7 Å². The Morgan fingerprint density at radius 2 is 2.03 bits per heavy atom. The predicted molar refractivity (Wildman–Crippen MR) is 120 cm³/mol. The third-order valence-electron chi connectivity index (χ3n) is 7.50. The van der Waals surface area contributed by atoms with E-state index in [9.17, 15) is 8.42 Å². The first kappa shape index (κ1) is 21.8. The fraction of sp³-hybridized carbons (Fsp3) is 1.00. The average Bonchev–Trinajstić information content (AvgIpc) is 3.03. The van der Waals surface area contributed by atoms with Gasteiger partial charge in [0.25, 0.3) is 0 Å². The molecular formula is C19H37N7O2S2. The standard InChI is InChI=1S/C19H37N7O2S2/c1-12-22-23-18(29-12)26-16-9-14(30(27,28)24-19(2)6-7-19)4-5-15(16)21-17(26)8-13-10-20-25(3)11-13/h12-18,20-24H,4-11H2,1-3H3. The van der Waals surface area contributed by atoms with Crippen molar-refractivity contribution in [1.82, 2.24) is 36.2 Å². The minimum Gasteiger partial charge on any atom is -0.297 e. The Kier molecular flexibility index (Phi) is 5.90. The molecule has 0 radical (unpaired) electrons. The number of hydrazine groups is 2. The first-order valence-electron chi connectivity index (χ1n) is 11.4. The van der Waals surface area contributed by atoms with Crippen molar-refractivity contribution in [3.63, 3.8) is 0 Å². The Morgan fingerprint density at radius 1 is 1.23 bits per heavy atom. The van der Waals surface area contributed by atoms with Gasteiger partial charge in [0.15, 0.2) is 0 Å². The van der Waals surface area contributed by atoms with Crippen LogP contribution < -0.4 is 26.3 Å². The van der Waals surface area contributed by atoms with Crippen LogP contribution in [0.5, 0.6) is 0 Å². The molecule has 2 saturated carbocycles. The normalized spacial score (nSPS) is 44.4. The predicted octanol–water partition coefficient (Wildman–Crippen LogP) is -0.0938. The highest BCUT2D eigenvalue weighted by molar-refractivity contribution is 8.00. The van der Waals surface area contributed by atoms with E-state index in [0.29, 0.717) is 23.8 Å². The van der Waals surface area contributed by atoms with E-state index < -0.39 is 10.0 Å². The lowest BCUT2D eigenvalue weighted by molar-refractivity contribution is 0.117. The molecule has 3 aliphatic heterocycles. The second-order valence-electron chi connectivity index (χ2n) is 10.2. The first-order chi connectivity index (χ1) is 14.2. The lowest BCUT2D eigenvalue weighted by Gasteiger charge is -2.39. The number of nitrogens with one attached hydrogen (secondary N) is 5. The molecule has 0 aromatic rings. The molecule has 172 valence electrons. The van der Waals surface area contributed by atoms with Gasteiger partial charge in [-0.2, -0.15) is 0 Å². The second kappa shape index (κ2) is 8.11. The van der Waals surface area contributed by atoms with E-state index in [-0.39, 0.29) is 28.5 Å². The molecule has 2 aliphatic carbocycles. The average molecular weight is 460 g/mol. The highest BCUT2D eigenvalue weighted by atomic mass is 32.2. The van der Waals surface area contributed by atoms with E-state index in [1.54, 1.807) is 0 Å². The van der Waals surface area contributed by atoms with Gasteiger partial charge in [-0.25, -0.2) is 29.0 Å². The van der Waals surface area contributed by atoms with Gasteiger partial charge >= 0.3 is 0 Å². The molecule has 5 aliphatic rings. The zero-order valence-electron chi connectivity index (χ0n) is 18.2. The van der Waals surface area contributed by atoms with Crippen molar-refractivity contribution < 1.29 is 8.42 Å². The zero-order chi connectivity index (χ0) is 21.1. The topological polar surface area (TPSA) is 101 Å². The summed E-state index contributed by atoms with van der Waals surface area (Å²) in [7, 11) is -1.19. The van der Waals surface area contributed by atoms with Crippen LogP contribution in [0.25, 0.3) is 0 Å².